The second-order valence-corrected chi connectivity index (χ2v) is 5.70. The zero-order valence-corrected chi connectivity index (χ0v) is 11.7. The summed E-state index contributed by atoms with van der Waals surface area (Å²) in [6, 6.07) is 4.44. The Kier molecular flexibility index (Phi) is 4.32. The molecule has 5 heteroatoms. The summed E-state index contributed by atoms with van der Waals surface area (Å²) in [6.07, 6.45) is 1.85. The molecular formula is C14H18ClNO3. The molecule has 1 amide bonds. The van der Waals surface area contributed by atoms with E-state index in [1.54, 1.807) is 6.07 Å². The van der Waals surface area contributed by atoms with E-state index in [1.807, 2.05) is 0 Å². The lowest BCUT2D eigenvalue weighted by atomic mass is 9.82. The zero-order chi connectivity index (χ0) is 13.9. The highest BCUT2D eigenvalue weighted by atomic mass is 35.5. The van der Waals surface area contributed by atoms with E-state index >= 15 is 0 Å². The van der Waals surface area contributed by atoms with Gasteiger partial charge in [-0.15, -0.1) is 0 Å². The normalized spacial score (nSPS) is 18.0. The number of hydrogen-bond donors (Lipinski definition) is 2. The fourth-order valence-corrected chi connectivity index (χ4v) is 2.29. The largest absolute Gasteiger partial charge is 0.507 e. The number of aromatic hydroxyl groups is 1. The van der Waals surface area contributed by atoms with E-state index in [1.165, 1.54) is 12.1 Å². The van der Waals surface area contributed by atoms with Crippen molar-refractivity contribution in [3.8, 4) is 5.75 Å². The number of phenols is 1. The molecule has 1 aromatic carbocycles. The van der Waals surface area contributed by atoms with Crippen molar-refractivity contribution < 1.29 is 14.6 Å². The van der Waals surface area contributed by atoms with Crippen molar-refractivity contribution in [1.29, 1.82) is 0 Å². The van der Waals surface area contributed by atoms with Gasteiger partial charge in [-0.2, -0.15) is 0 Å². The molecule has 0 aliphatic carbocycles. The summed E-state index contributed by atoms with van der Waals surface area (Å²) in [5, 5.41) is 13.0. The highest BCUT2D eigenvalue weighted by Crippen LogP contribution is 2.29. The maximum atomic E-state index is 12.0. The van der Waals surface area contributed by atoms with Crippen LogP contribution in [0, 0.1) is 5.41 Å². The molecule has 1 heterocycles. The molecular weight excluding hydrogens is 266 g/mol. The van der Waals surface area contributed by atoms with Gasteiger partial charge in [-0.05, 0) is 36.5 Å². The van der Waals surface area contributed by atoms with E-state index in [0.29, 0.717) is 11.6 Å². The fraction of sp³-hybridized carbons (Fsp3) is 0.500. The van der Waals surface area contributed by atoms with Crippen LogP contribution in [0.25, 0.3) is 0 Å². The third-order valence-corrected chi connectivity index (χ3v) is 3.81. The molecule has 0 radical (unpaired) electrons. The molecule has 1 aromatic rings. The minimum atomic E-state index is -0.298. The summed E-state index contributed by atoms with van der Waals surface area (Å²) in [6.45, 7) is 4.17. The predicted octanol–water partition coefficient (Wildman–Crippen LogP) is 2.59. The van der Waals surface area contributed by atoms with Gasteiger partial charge in [0.15, 0.2) is 0 Å². The van der Waals surface area contributed by atoms with Gasteiger partial charge >= 0.3 is 0 Å². The first-order valence-electron chi connectivity index (χ1n) is 6.35. The van der Waals surface area contributed by atoms with Gasteiger partial charge in [0.05, 0.1) is 5.56 Å². The van der Waals surface area contributed by atoms with Gasteiger partial charge in [0, 0.05) is 24.8 Å². The van der Waals surface area contributed by atoms with Crippen LogP contribution >= 0.6 is 11.6 Å². The maximum absolute atomic E-state index is 12.0. The Bertz CT molecular complexity index is 470. The molecule has 0 unspecified atom stereocenters. The Morgan fingerprint density at radius 3 is 2.84 bits per heavy atom. The summed E-state index contributed by atoms with van der Waals surface area (Å²) in [5.41, 5.74) is 0.269. The maximum Gasteiger partial charge on any atom is 0.255 e. The van der Waals surface area contributed by atoms with Crippen molar-refractivity contribution in [3.63, 3.8) is 0 Å². The van der Waals surface area contributed by atoms with Crippen LogP contribution in [0.5, 0.6) is 5.75 Å². The van der Waals surface area contributed by atoms with Crippen molar-refractivity contribution in [3.05, 3.63) is 28.8 Å². The average Bonchev–Trinajstić information content (AvgIpc) is 2.40. The van der Waals surface area contributed by atoms with Crippen molar-refractivity contribution in [2.24, 2.45) is 5.41 Å². The average molecular weight is 284 g/mol. The molecule has 0 bridgehead atoms. The van der Waals surface area contributed by atoms with E-state index in [-0.39, 0.29) is 22.6 Å². The second kappa shape index (κ2) is 5.80. The molecule has 1 aliphatic heterocycles. The number of ether oxygens (including phenoxy) is 1. The fourth-order valence-electron chi connectivity index (χ4n) is 2.12. The lowest BCUT2D eigenvalue weighted by Crippen LogP contribution is -2.39. The van der Waals surface area contributed by atoms with Crippen LogP contribution in [0.2, 0.25) is 5.02 Å². The van der Waals surface area contributed by atoms with Crippen molar-refractivity contribution >= 4 is 17.5 Å². The van der Waals surface area contributed by atoms with Crippen LogP contribution in [-0.2, 0) is 4.74 Å². The monoisotopic (exact) mass is 283 g/mol. The minimum absolute atomic E-state index is 0.0565. The minimum Gasteiger partial charge on any atom is -0.507 e. The quantitative estimate of drug-likeness (QED) is 0.896. The van der Waals surface area contributed by atoms with Gasteiger partial charge in [0.2, 0.25) is 0 Å². The number of halogens is 1. The van der Waals surface area contributed by atoms with Crippen LogP contribution in [0.3, 0.4) is 0 Å². The number of amides is 1. The molecule has 4 nitrogen and oxygen atoms in total. The Morgan fingerprint density at radius 2 is 2.16 bits per heavy atom. The van der Waals surface area contributed by atoms with Crippen LogP contribution in [0.4, 0.5) is 0 Å². The zero-order valence-electron chi connectivity index (χ0n) is 10.9. The van der Waals surface area contributed by atoms with E-state index in [9.17, 15) is 9.90 Å². The number of rotatable bonds is 3. The Balaban J connectivity index is 1.99. The Hall–Kier alpha value is -1.26. The van der Waals surface area contributed by atoms with Gasteiger partial charge in [-0.25, -0.2) is 0 Å². The first-order valence-corrected chi connectivity index (χ1v) is 6.72. The van der Waals surface area contributed by atoms with Crippen LogP contribution < -0.4 is 5.32 Å². The molecule has 0 aromatic heterocycles. The van der Waals surface area contributed by atoms with Gasteiger partial charge < -0.3 is 15.2 Å². The summed E-state index contributed by atoms with van der Waals surface area (Å²) >= 11 is 5.83. The number of hydrogen-bond acceptors (Lipinski definition) is 3. The highest BCUT2D eigenvalue weighted by molar-refractivity contribution is 6.31. The molecule has 1 aliphatic rings. The molecule has 0 atom stereocenters. The van der Waals surface area contributed by atoms with Crippen molar-refractivity contribution in [2.45, 2.75) is 19.8 Å². The molecule has 0 saturated carbocycles. The number of nitrogens with one attached hydrogen (secondary N) is 1. The second-order valence-electron chi connectivity index (χ2n) is 5.27. The van der Waals surface area contributed by atoms with E-state index < -0.39 is 0 Å². The van der Waals surface area contributed by atoms with Gasteiger partial charge in [0.25, 0.3) is 5.91 Å². The first kappa shape index (κ1) is 14.2. The number of carbonyl (C=O) groups is 1. The molecule has 104 valence electrons. The molecule has 2 rings (SSSR count). The standard InChI is InChI=1S/C14H18ClNO3/c1-14(4-6-19-7-5-14)9-16-13(18)11-8-10(15)2-3-12(11)17/h2-3,8,17H,4-7,9H2,1H3,(H,16,18). The SMILES string of the molecule is CC1(CNC(=O)c2cc(Cl)ccc2O)CCOCC1. The topological polar surface area (TPSA) is 58.6 Å². The number of phenolic OH excluding ortho intramolecular Hbond substituents is 1. The molecule has 1 saturated heterocycles. The predicted molar refractivity (Wildman–Crippen MR) is 73.6 cm³/mol. The Morgan fingerprint density at radius 1 is 1.47 bits per heavy atom. The summed E-state index contributed by atoms with van der Waals surface area (Å²) in [4.78, 5) is 12.0. The van der Waals surface area contributed by atoms with Crippen molar-refractivity contribution in [2.75, 3.05) is 19.8 Å². The number of benzene rings is 1. The van der Waals surface area contributed by atoms with E-state index in [0.717, 1.165) is 26.1 Å². The lowest BCUT2D eigenvalue weighted by molar-refractivity contribution is 0.0238. The van der Waals surface area contributed by atoms with E-state index in [2.05, 4.69) is 12.2 Å². The van der Waals surface area contributed by atoms with Gasteiger partial charge in [0.1, 0.15) is 5.75 Å². The van der Waals surface area contributed by atoms with Crippen LogP contribution in [0.1, 0.15) is 30.1 Å². The number of carbonyl (C=O) groups excluding carboxylic acids is 1. The summed E-state index contributed by atoms with van der Waals surface area (Å²) in [5.74, 6) is -0.355. The molecule has 0 spiro atoms. The summed E-state index contributed by atoms with van der Waals surface area (Å²) in [7, 11) is 0. The highest BCUT2D eigenvalue weighted by Gasteiger charge is 2.28. The molecule has 19 heavy (non-hydrogen) atoms. The van der Waals surface area contributed by atoms with Gasteiger partial charge in [-0.1, -0.05) is 18.5 Å². The lowest BCUT2D eigenvalue weighted by Gasteiger charge is -2.33. The van der Waals surface area contributed by atoms with E-state index in [4.69, 9.17) is 16.3 Å². The Labute approximate surface area is 117 Å². The molecule has 2 N–H and O–H groups in total. The first-order chi connectivity index (χ1) is 9.00. The summed E-state index contributed by atoms with van der Waals surface area (Å²) < 4.78 is 5.32. The van der Waals surface area contributed by atoms with Crippen molar-refractivity contribution in [1.82, 2.24) is 5.32 Å². The molecule has 1 fully saturated rings. The smallest absolute Gasteiger partial charge is 0.255 e. The van der Waals surface area contributed by atoms with Crippen LogP contribution in [-0.4, -0.2) is 30.8 Å². The van der Waals surface area contributed by atoms with Crippen LogP contribution in [0.15, 0.2) is 18.2 Å². The third-order valence-electron chi connectivity index (χ3n) is 3.58. The third kappa shape index (κ3) is 3.61. The van der Waals surface area contributed by atoms with Gasteiger partial charge in [-0.3, -0.25) is 4.79 Å².